The first-order chi connectivity index (χ1) is 11.8. The van der Waals surface area contributed by atoms with Crippen LogP contribution in [0.15, 0.2) is 67.0 Å². The summed E-state index contributed by atoms with van der Waals surface area (Å²) in [5, 5.41) is 4.39. The van der Waals surface area contributed by atoms with E-state index in [0.29, 0.717) is 0 Å². The third-order valence-electron chi connectivity index (χ3n) is 4.23. The van der Waals surface area contributed by atoms with Crippen molar-refractivity contribution in [2.24, 2.45) is 0 Å². The van der Waals surface area contributed by atoms with Gasteiger partial charge in [-0.3, -0.25) is 14.6 Å². The molecule has 4 heteroatoms. The number of nitrogens with zero attached hydrogens (tertiary/aromatic N) is 4. The summed E-state index contributed by atoms with van der Waals surface area (Å²) >= 11 is 0. The Labute approximate surface area is 143 Å². The fourth-order valence-electron chi connectivity index (χ4n) is 2.79. The van der Waals surface area contributed by atoms with Crippen LogP contribution in [0.2, 0.25) is 0 Å². The number of hydrogen-bond donors (Lipinski definition) is 0. The Bertz CT molecular complexity index is 722. The van der Waals surface area contributed by atoms with Crippen molar-refractivity contribution in [3.63, 3.8) is 0 Å². The quantitative estimate of drug-likeness (QED) is 0.638. The first-order valence-corrected chi connectivity index (χ1v) is 8.46. The number of benzene rings is 1. The second kappa shape index (κ2) is 8.41. The Balaban J connectivity index is 1.62. The van der Waals surface area contributed by atoms with Crippen LogP contribution in [0, 0.1) is 6.92 Å². The minimum atomic E-state index is 0.869. The molecule has 124 valence electrons. The number of aryl methyl sites for hydroxylation is 1. The highest BCUT2D eigenvalue weighted by atomic mass is 15.3. The summed E-state index contributed by atoms with van der Waals surface area (Å²) in [5.41, 5.74) is 3.69. The van der Waals surface area contributed by atoms with Crippen molar-refractivity contribution in [1.29, 1.82) is 0 Å². The van der Waals surface area contributed by atoms with E-state index in [4.69, 9.17) is 0 Å². The monoisotopic (exact) mass is 320 g/mol. The highest BCUT2D eigenvalue weighted by Gasteiger charge is 2.08. The third kappa shape index (κ3) is 4.77. The smallest absolute Gasteiger partial charge is 0.0543 e. The van der Waals surface area contributed by atoms with E-state index in [9.17, 15) is 0 Å². The van der Waals surface area contributed by atoms with Gasteiger partial charge < -0.3 is 0 Å². The van der Waals surface area contributed by atoms with Crippen LogP contribution in [0.25, 0.3) is 0 Å². The predicted molar refractivity (Wildman–Crippen MR) is 96.6 cm³/mol. The van der Waals surface area contributed by atoms with Gasteiger partial charge >= 0.3 is 0 Å². The van der Waals surface area contributed by atoms with E-state index in [2.05, 4.69) is 69.1 Å². The Morgan fingerprint density at radius 1 is 0.917 bits per heavy atom. The molecule has 2 aromatic heterocycles. The van der Waals surface area contributed by atoms with Crippen molar-refractivity contribution in [2.75, 3.05) is 13.1 Å². The van der Waals surface area contributed by atoms with Crippen LogP contribution < -0.4 is 0 Å². The lowest BCUT2D eigenvalue weighted by Gasteiger charge is -2.22. The maximum atomic E-state index is 4.47. The van der Waals surface area contributed by atoms with Crippen LogP contribution >= 0.6 is 0 Å². The van der Waals surface area contributed by atoms with E-state index in [1.165, 1.54) is 11.3 Å². The molecule has 0 saturated carbocycles. The Kier molecular flexibility index (Phi) is 5.75. The molecule has 4 nitrogen and oxygen atoms in total. The van der Waals surface area contributed by atoms with Gasteiger partial charge in [0.25, 0.3) is 0 Å². The van der Waals surface area contributed by atoms with E-state index in [-0.39, 0.29) is 0 Å². The van der Waals surface area contributed by atoms with Crippen molar-refractivity contribution in [3.8, 4) is 0 Å². The molecular formula is C20H24N4. The van der Waals surface area contributed by atoms with Crippen LogP contribution in [0.1, 0.15) is 17.0 Å². The minimum Gasteiger partial charge on any atom is -0.295 e. The van der Waals surface area contributed by atoms with Gasteiger partial charge in [0.1, 0.15) is 0 Å². The second-order valence-corrected chi connectivity index (χ2v) is 6.03. The zero-order chi connectivity index (χ0) is 16.6. The van der Waals surface area contributed by atoms with Crippen molar-refractivity contribution in [3.05, 3.63) is 83.9 Å². The molecule has 0 unspecified atom stereocenters. The molecule has 0 spiro atoms. The van der Waals surface area contributed by atoms with Crippen LogP contribution in [-0.4, -0.2) is 32.8 Å². The molecule has 0 aliphatic heterocycles. The molecule has 24 heavy (non-hydrogen) atoms. The summed E-state index contributed by atoms with van der Waals surface area (Å²) < 4.78 is 2.06. The summed E-state index contributed by atoms with van der Waals surface area (Å²) in [6.07, 6.45) is 4.77. The molecule has 0 atom stereocenters. The Morgan fingerprint density at radius 2 is 1.75 bits per heavy atom. The lowest BCUT2D eigenvalue weighted by Crippen LogP contribution is -2.30. The first kappa shape index (κ1) is 16.4. The van der Waals surface area contributed by atoms with E-state index in [1.807, 2.05) is 24.5 Å². The lowest BCUT2D eigenvalue weighted by atomic mass is 10.1. The predicted octanol–water partition coefficient (Wildman–Crippen LogP) is 3.33. The van der Waals surface area contributed by atoms with Gasteiger partial charge in [-0.05, 0) is 37.1 Å². The van der Waals surface area contributed by atoms with Crippen LogP contribution in [0.4, 0.5) is 0 Å². The van der Waals surface area contributed by atoms with Gasteiger partial charge in [-0.15, -0.1) is 0 Å². The average molecular weight is 320 g/mol. The van der Waals surface area contributed by atoms with Crippen molar-refractivity contribution < 1.29 is 0 Å². The fourth-order valence-corrected chi connectivity index (χ4v) is 2.79. The van der Waals surface area contributed by atoms with Crippen LogP contribution in [0.5, 0.6) is 0 Å². The maximum Gasteiger partial charge on any atom is 0.0543 e. The highest BCUT2D eigenvalue weighted by Crippen LogP contribution is 2.06. The molecule has 0 aliphatic rings. The number of hydrogen-bond acceptors (Lipinski definition) is 3. The van der Waals surface area contributed by atoms with Gasteiger partial charge in [-0.25, -0.2) is 0 Å². The number of aromatic nitrogens is 3. The summed E-state index contributed by atoms with van der Waals surface area (Å²) in [6.45, 7) is 5.85. The number of rotatable bonds is 8. The largest absolute Gasteiger partial charge is 0.295 e. The summed E-state index contributed by atoms with van der Waals surface area (Å²) in [6, 6.07) is 18.8. The van der Waals surface area contributed by atoms with Crippen molar-refractivity contribution >= 4 is 0 Å². The minimum absolute atomic E-state index is 0.869. The molecule has 3 rings (SSSR count). The Morgan fingerprint density at radius 3 is 2.46 bits per heavy atom. The van der Waals surface area contributed by atoms with Crippen LogP contribution in [0.3, 0.4) is 0 Å². The summed E-state index contributed by atoms with van der Waals surface area (Å²) in [7, 11) is 0. The molecule has 2 heterocycles. The van der Waals surface area contributed by atoms with Gasteiger partial charge in [0.15, 0.2) is 0 Å². The third-order valence-corrected chi connectivity index (χ3v) is 4.23. The molecule has 1 aromatic carbocycles. The molecule has 0 saturated heterocycles. The van der Waals surface area contributed by atoms with Crippen LogP contribution in [-0.2, 0) is 19.5 Å². The van der Waals surface area contributed by atoms with E-state index in [1.54, 1.807) is 0 Å². The normalized spacial score (nSPS) is 11.1. The molecule has 0 N–H and O–H groups in total. The fraction of sp³-hybridized carbons (Fsp3) is 0.300. The molecule has 0 radical (unpaired) electrons. The van der Waals surface area contributed by atoms with Crippen molar-refractivity contribution in [2.45, 2.75) is 26.4 Å². The molecular weight excluding hydrogens is 296 g/mol. The van der Waals surface area contributed by atoms with E-state index >= 15 is 0 Å². The van der Waals surface area contributed by atoms with Gasteiger partial charge in [0, 0.05) is 37.7 Å². The zero-order valence-corrected chi connectivity index (χ0v) is 14.2. The SMILES string of the molecule is Cc1ccnn1CCN(CCc1ccccc1)Cc1ccccn1. The van der Waals surface area contributed by atoms with E-state index < -0.39 is 0 Å². The summed E-state index contributed by atoms with van der Waals surface area (Å²) in [5.74, 6) is 0. The van der Waals surface area contributed by atoms with E-state index in [0.717, 1.165) is 38.3 Å². The van der Waals surface area contributed by atoms with Gasteiger partial charge in [0.2, 0.25) is 0 Å². The Hall–Kier alpha value is -2.46. The standard InChI is InChI=1S/C20H24N4/c1-18-10-13-22-24(18)16-15-23(17-20-9-5-6-12-21-20)14-11-19-7-3-2-4-8-19/h2-10,12-13H,11,14-17H2,1H3. The average Bonchev–Trinajstić information content (AvgIpc) is 3.04. The molecule has 0 bridgehead atoms. The molecule has 0 aliphatic carbocycles. The lowest BCUT2D eigenvalue weighted by molar-refractivity contribution is 0.250. The second-order valence-electron chi connectivity index (χ2n) is 6.03. The molecule has 3 aromatic rings. The first-order valence-electron chi connectivity index (χ1n) is 8.46. The summed E-state index contributed by atoms with van der Waals surface area (Å²) in [4.78, 5) is 6.93. The maximum absolute atomic E-state index is 4.47. The molecule has 0 amide bonds. The molecule has 0 fully saturated rings. The van der Waals surface area contributed by atoms with Gasteiger partial charge in [-0.2, -0.15) is 5.10 Å². The van der Waals surface area contributed by atoms with Gasteiger partial charge in [0.05, 0.1) is 12.2 Å². The zero-order valence-electron chi connectivity index (χ0n) is 14.2. The topological polar surface area (TPSA) is 34.0 Å². The highest BCUT2D eigenvalue weighted by molar-refractivity contribution is 5.15. The van der Waals surface area contributed by atoms with Gasteiger partial charge in [-0.1, -0.05) is 36.4 Å². The number of pyridine rings is 1. The van der Waals surface area contributed by atoms with Crippen molar-refractivity contribution in [1.82, 2.24) is 19.7 Å².